The van der Waals surface area contributed by atoms with Gasteiger partial charge in [-0.25, -0.2) is 0 Å². The van der Waals surface area contributed by atoms with Crippen LogP contribution in [0.1, 0.15) is 39.0 Å². The van der Waals surface area contributed by atoms with Gasteiger partial charge in [0.2, 0.25) is 0 Å². The van der Waals surface area contributed by atoms with E-state index < -0.39 is 12.8 Å². The molecule has 1 unspecified atom stereocenters. The molecule has 0 aromatic carbocycles. The maximum Gasteiger partial charge on any atom is 0.481 e. The molecule has 0 spiro atoms. The van der Waals surface area contributed by atoms with Gasteiger partial charge in [-0.2, -0.15) is 0 Å². The molecule has 0 aromatic rings. The third-order valence-electron chi connectivity index (χ3n) is 2.98. The van der Waals surface area contributed by atoms with Crippen molar-refractivity contribution in [1.29, 1.82) is 0 Å². The van der Waals surface area contributed by atoms with Crippen LogP contribution >= 0.6 is 0 Å². The van der Waals surface area contributed by atoms with Crippen LogP contribution < -0.4 is 0 Å². The Labute approximate surface area is 71.6 Å². The third kappa shape index (κ3) is 2.17. The fourth-order valence-corrected chi connectivity index (χ4v) is 2.24. The summed E-state index contributed by atoms with van der Waals surface area (Å²) in [6, 6.07) is 0. The lowest BCUT2D eigenvalue weighted by Crippen LogP contribution is -2.32. The van der Waals surface area contributed by atoms with Crippen molar-refractivity contribution in [2.75, 3.05) is 0 Å². The third-order valence-corrected chi connectivity index (χ3v) is 2.98. The predicted octanol–water partition coefficient (Wildman–Crippen LogP) is 3.80. The Bertz CT molecular complexity index is 144. The van der Waals surface area contributed by atoms with Gasteiger partial charge >= 0.3 is 6.98 Å². The van der Waals surface area contributed by atoms with E-state index in [1.165, 1.54) is 0 Å². The number of hydrogen-bond acceptors (Lipinski definition) is 0. The highest BCUT2D eigenvalue weighted by Crippen LogP contribution is 2.44. The van der Waals surface area contributed by atoms with Gasteiger partial charge in [0.25, 0.3) is 0 Å². The number of rotatable bonds is 2. The topological polar surface area (TPSA) is 0 Å². The summed E-state index contributed by atoms with van der Waals surface area (Å²) in [7, 11) is 0. The molecule has 0 heterocycles. The van der Waals surface area contributed by atoms with E-state index in [2.05, 4.69) is 0 Å². The van der Waals surface area contributed by atoms with E-state index in [-0.39, 0.29) is 5.92 Å². The Kier molecular flexibility index (Phi) is 3.07. The van der Waals surface area contributed by atoms with Gasteiger partial charge in [-0.1, -0.05) is 50.8 Å². The molecule has 0 saturated heterocycles. The molecule has 12 heavy (non-hydrogen) atoms. The van der Waals surface area contributed by atoms with Gasteiger partial charge in [-0.05, 0) is 0 Å². The zero-order valence-electron chi connectivity index (χ0n) is 7.40. The maximum absolute atomic E-state index is 12.4. The molecule has 0 radical (unpaired) electrons. The SMILES string of the molecule is CC[C@@H]1CCCCC1[B-](F)(F)F. The zero-order valence-corrected chi connectivity index (χ0v) is 7.40. The summed E-state index contributed by atoms with van der Waals surface area (Å²) in [6.07, 6.45) is 3.60. The van der Waals surface area contributed by atoms with Crippen molar-refractivity contribution >= 4 is 6.98 Å². The highest BCUT2D eigenvalue weighted by atomic mass is 19.4. The summed E-state index contributed by atoms with van der Waals surface area (Å²) in [5.74, 6) is -1.04. The molecule has 1 saturated carbocycles. The molecule has 72 valence electrons. The maximum atomic E-state index is 12.4. The van der Waals surface area contributed by atoms with Crippen molar-refractivity contribution in [2.24, 2.45) is 5.92 Å². The lowest BCUT2D eigenvalue weighted by Gasteiger charge is -2.37. The van der Waals surface area contributed by atoms with Crippen molar-refractivity contribution in [3.05, 3.63) is 0 Å². The van der Waals surface area contributed by atoms with Crippen LogP contribution in [0.25, 0.3) is 0 Å². The molecule has 0 bridgehead atoms. The summed E-state index contributed by atoms with van der Waals surface area (Å²) in [4.78, 5) is 0. The Morgan fingerprint density at radius 3 is 2.17 bits per heavy atom. The lowest BCUT2D eigenvalue weighted by molar-refractivity contribution is 0.285. The second-order valence-electron chi connectivity index (χ2n) is 3.74. The average molecular weight is 179 g/mol. The molecular formula is C8H15BF3-. The van der Waals surface area contributed by atoms with Gasteiger partial charge in [0.15, 0.2) is 0 Å². The normalized spacial score (nSPS) is 32.0. The van der Waals surface area contributed by atoms with Crippen molar-refractivity contribution in [1.82, 2.24) is 0 Å². The first-order valence-electron chi connectivity index (χ1n) is 4.75. The quantitative estimate of drug-likeness (QED) is 0.565. The molecule has 4 heteroatoms. The minimum absolute atomic E-state index is 0.0845. The van der Waals surface area contributed by atoms with Crippen LogP contribution in [0.15, 0.2) is 0 Å². The van der Waals surface area contributed by atoms with E-state index in [9.17, 15) is 12.9 Å². The Morgan fingerprint density at radius 1 is 1.17 bits per heavy atom. The minimum Gasteiger partial charge on any atom is -0.449 e. The number of halogens is 3. The molecule has 2 atom stereocenters. The molecule has 1 rings (SSSR count). The number of hydrogen-bond donors (Lipinski definition) is 0. The summed E-state index contributed by atoms with van der Waals surface area (Å²) >= 11 is 0. The van der Waals surface area contributed by atoms with Crippen molar-refractivity contribution in [3.8, 4) is 0 Å². The van der Waals surface area contributed by atoms with E-state index in [1.54, 1.807) is 0 Å². The highest BCUT2D eigenvalue weighted by Gasteiger charge is 2.39. The van der Waals surface area contributed by atoms with E-state index in [1.807, 2.05) is 6.92 Å². The molecule has 0 aliphatic heterocycles. The summed E-state index contributed by atoms with van der Waals surface area (Å²) in [6.45, 7) is -2.71. The first kappa shape index (κ1) is 9.94. The highest BCUT2D eigenvalue weighted by molar-refractivity contribution is 6.60. The van der Waals surface area contributed by atoms with Gasteiger partial charge in [-0.3, -0.25) is 0 Å². The molecule has 0 amide bonds. The van der Waals surface area contributed by atoms with Gasteiger partial charge < -0.3 is 12.9 Å². The molecule has 0 N–H and O–H groups in total. The fraction of sp³-hybridized carbons (Fsp3) is 1.00. The average Bonchev–Trinajstić information content (AvgIpc) is 2.03. The van der Waals surface area contributed by atoms with Crippen molar-refractivity contribution in [2.45, 2.75) is 44.8 Å². The minimum atomic E-state index is -4.58. The van der Waals surface area contributed by atoms with E-state index in [0.29, 0.717) is 12.8 Å². The van der Waals surface area contributed by atoms with E-state index in [4.69, 9.17) is 0 Å². The van der Waals surface area contributed by atoms with Crippen LogP contribution in [0.2, 0.25) is 5.82 Å². The van der Waals surface area contributed by atoms with Crippen LogP contribution in [0.5, 0.6) is 0 Å². The van der Waals surface area contributed by atoms with E-state index >= 15 is 0 Å². The fourth-order valence-electron chi connectivity index (χ4n) is 2.24. The standard InChI is InChI=1S/C8H15BF3/c1-2-7-5-3-4-6-8(7)9(10,11)12/h7-8H,2-6H2,1H3/q-1/t7-,8?/m1/s1. The Balaban J connectivity index is 2.59. The second kappa shape index (κ2) is 3.71. The first-order chi connectivity index (χ1) is 5.55. The predicted molar refractivity (Wildman–Crippen MR) is 45.1 cm³/mol. The van der Waals surface area contributed by atoms with Crippen LogP contribution in [0, 0.1) is 5.92 Å². The lowest BCUT2D eigenvalue weighted by atomic mass is 9.59. The van der Waals surface area contributed by atoms with Crippen LogP contribution in [0.3, 0.4) is 0 Å². The molecule has 1 aliphatic carbocycles. The first-order valence-corrected chi connectivity index (χ1v) is 4.75. The monoisotopic (exact) mass is 179 g/mol. The van der Waals surface area contributed by atoms with E-state index in [0.717, 1.165) is 19.3 Å². The van der Waals surface area contributed by atoms with Crippen molar-refractivity contribution < 1.29 is 12.9 Å². The van der Waals surface area contributed by atoms with Gasteiger partial charge in [0.05, 0.1) is 0 Å². The molecule has 1 aliphatic rings. The molecule has 0 aromatic heterocycles. The Morgan fingerprint density at radius 2 is 1.75 bits per heavy atom. The van der Waals surface area contributed by atoms with Gasteiger partial charge in [0, 0.05) is 0 Å². The van der Waals surface area contributed by atoms with Crippen LogP contribution in [-0.4, -0.2) is 6.98 Å². The smallest absolute Gasteiger partial charge is 0.449 e. The van der Waals surface area contributed by atoms with Gasteiger partial charge in [0.1, 0.15) is 0 Å². The van der Waals surface area contributed by atoms with Gasteiger partial charge in [-0.15, -0.1) is 0 Å². The molecule has 0 nitrogen and oxygen atoms in total. The summed E-state index contributed by atoms with van der Waals surface area (Å²) in [5.41, 5.74) is 0. The largest absolute Gasteiger partial charge is 0.481 e. The Hall–Kier alpha value is -0.145. The molecule has 1 fully saturated rings. The molecular weight excluding hydrogens is 164 g/mol. The summed E-state index contributed by atoms with van der Waals surface area (Å²) in [5, 5.41) is 0. The van der Waals surface area contributed by atoms with Crippen molar-refractivity contribution in [3.63, 3.8) is 0 Å². The summed E-state index contributed by atoms with van der Waals surface area (Å²) < 4.78 is 37.3. The second-order valence-corrected chi connectivity index (χ2v) is 3.74. The van der Waals surface area contributed by atoms with Crippen LogP contribution in [0.4, 0.5) is 12.9 Å². The van der Waals surface area contributed by atoms with Crippen LogP contribution in [-0.2, 0) is 0 Å². The zero-order chi connectivity index (χ0) is 9.19.